The number of aromatic carboxylic acids is 1. The second kappa shape index (κ2) is 10.5. The molecule has 0 bridgehead atoms. The Bertz CT molecular complexity index is 1240. The number of ether oxygens (including phenoxy) is 1. The van der Waals surface area contributed by atoms with Crippen LogP contribution in [-0.4, -0.2) is 63.9 Å². The fourth-order valence-electron chi connectivity index (χ4n) is 6.50. The first kappa shape index (κ1) is 27.5. The van der Waals surface area contributed by atoms with Gasteiger partial charge >= 0.3 is 12.1 Å². The molecule has 1 amide bonds. The van der Waals surface area contributed by atoms with Crippen LogP contribution in [0.4, 0.5) is 13.2 Å². The molecule has 1 aliphatic carbocycles. The number of likely N-dealkylation sites (tertiary alicyclic amines) is 1. The molecular weight excluding hydrogens is 513 g/mol. The van der Waals surface area contributed by atoms with Crippen LogP contribution in [0.1, 0.15) is 72.0 Å². The Morgan fingerprint density at radius 1 is 1.10 bits per heavy atom. The smallest absolute Gasteiger partial charge is 0.416 e. The van der Waals surface area contributed by atoms with E-state index in [1.165, 1.54) is 11.0 Å². The van der Waals surface area contributed by atoms with Gasteiger partial charge in [0.2, 0.25) is 5.91 Å². The second-order valence-electron chi connectivity index (χ2n) is 11.1. The lowest BCUT2D eigenvalue weighted by molar-refractivity contribution is -0.153. The van der Waals surface area contributed by atoms with Crippen molar-refractivity contribution in [3.63, 3.8) is 0 Å². The van der Waals surface area contributed by atoms with E-state index < -0.39 is 29.2 Å². The van der Waals surface area contributed by atoms with Crippen LogP contribution in [-0.2, 0) is 17.5 Å². The molecule has 39 heavy (non-hydrogen) atoms. The van der Waals surface area contributed by atoms with E-state index in [2.05, 4.69) is 4.90 Å². The fourth-order valence-corrected chi connectivity index (χ4v) is 6.50. The molecule has 2 fully saturated rings. The third-order valence-corrected chi connectivity index (χ3v) is 8.81. The van der Waals surface area contributed by atoms with Crippen molar-refractivity contribution in [3.05, 3.63) is 64.7 Å². The summed E-state index contributed by atoms with van der Waals surface area (Å²) in [5.41, 5.74) is -0.213. The van der Waals surface area contributed by atoms with Crippen molar-refractivity contribution in [2.75, 3.05) is 19.8 Å². The van der Waals surface area contributed by atoms with Crippen LogP contribution in [0.2, 0.25) is 0 Å². The molecule has 10 heteroatoms. The van der Waals surface area contributed by atoms with E-state index in [4.69, 9.17) is 4.74 Å². The van der Waals surface area contributed by atoms with Crippen molar-refractivity contribution in [2.45, 2.75) is 69.8 Å². The number of aliphatic hydroxyl groups is 1. The van der Waals surface area contributed by atoms with E-state index in [0.29, 0.717) is 24.2 Å². The maximum absolute atomic E-state index is 13.8. The average Bonchev–Trinajstić information content (AvgIpc) is 3.39. The van der Waals surface area contributed by atoms with Gasteiger partial charge in [-0.3, -0.25) is 4.79 Å². The molecular formula is C29H33F3N2O5. The van der Waals surface area contributed by atoms with E-state index in [1.807, 2.05) is 6.07 Å². The second-order valence-corrected chi connectivity index (χ2v) is 11.1. The zero-order chi connectivity index (χ0) is 27.9. The Morgan fingerprint density at radius 3 is 2.51 bits per heavy atom. The lowest BCUT2D eigenvalue weighted by Gasteiger charge is -2.40. The molecule has 2 heterocycles. The van der Waals surface area contributed by atoms with Crippen molar-refractivity contribution >= 4 is 11.9 Å². The molecule has 1 saturated heterocycles. The Hall–Kier alpha value is -3.11. The predicted octanol–water partition coefficient (Wildman–Crippen LogP) is 4.88. The summed E-state index contributed by atoms with van der Waals surface area (Å²) in [5, 5.41) is 20.1. The van der Waals surface area contributed by atoms with Crippen molar-refractivity contribution in [1.82, 2.24) is 9.80 Å². The molecule has 2 aliphatic heterocycles. The van der Waals surface area contributed by atoms with Gasteiger partial charge in [0.15, 0.2) is 6.73 Å². The monoisotopic (exact) mass is 546 g/mol. The van der Waals surface area contributed by atoms with Gasteiger partial charge < -0.3 is 24.7 Å². The number of carbonyl (C=O) groups is 2. The summed E-state index contributed by atoms with van der Waals surface area (Å²) in [6, 6.07) is 10.5. The highest BCUT2D eigenvalue weighted by atomic mass is 19.4. The Morgan fingerprint density at radius 2 is 1.85 bits per heavy atom. The number of hydrogen-bond acceptors (Lipinski definition) is 5. The van der Waals surface area contributed by atoms with Gasteiger partial charge in [0.1, 0.15) is 5.75 Å². The first-order valence-electron chi connectivity index (χ1n) is 13.4. The van der Waals surface area contributed by atoms with Crippen LogP contribution in [0.25, 0.3) is 0 Å². The van der Waals surface area contributed by atoms with Gasteiger partial charge in [-0.1, -0.05) is 12.1 Å². The maximum atomic E-state index is 13.8. The molecule has 1 saturated carbocycles. The van der Waals surface area contributed by atoms with Crippen LogP contribution in [0, 0.1) is 5.41 Å². The summed E-state index contributed by atoms with van der Waals surface area (Å²) >= 11 is 0. The normalized spacial score (nSPS) is 25.2. The van der Waals surface area contributed by atoms with Gasteiger partial charge in [-0.2, -0.15) is 13.2 Å². The Balaban J connectivity index is 1.25. The molecule has 0 radical (unpaired) electrons. The van der Waals surface area contributed by atoms with E-state index in [-0.39, 0.29) is 36.7 Å². The van der Waals surface area contributed by atoms with E-state index >= 15 is 0 Å². The van der Waals surface area contributed by atoms with Gasteiger partial charge in [-0.15, -0.1) is 0 Å². The highest BCUT2D eigenvalue weighted by Crippen LogP contribution is 2.46. The lowest BCUT2D eigenvalue weighted by Crippen LogP contribution is -2.51. The molecule has 5 rings (SSSR count). The highest BCUT2D eigenvalue weighted by Gasteiger charge is 2.52. The standard InChI is InChI=1S/C29H33F3N2O5/c1-18(35)28(27(38)34-16-22-14-23(29(30,31)32)5-6-25(22)39-17-34)10-7-24(15-28)33-11-8-19(9-12-33)20-3-2-4-21(13-20)26(36)37/h2-6,13-14,18-19,24,35H,7-12,15-17H2,1H3,(H,36,37)/t18?,24-,28+/m1/s1. The van der Waals surface area contributed by atoms with Crippen LogP contribution in [0.5, 0.6) is 5.75 Å². The van der Waals surface area contributed by atoms with Crippen LogP contribution >= 0.6 is 0 Å². The van der Waals surface area contributed by atoms with Gasteiger partial charge in [0, 0.05) is 11.6 Å². The summed E-state index contributed by atoms with van der Waals surface area (Å²) in [6.07, 6.45) is -1.99. The zero-order valence-corrected chi connectivity index (χ0v) is 21.8. The van der Waals surface area contributed by atoms with E-state index in [1.54, 1.807) is 25.1 Å². The summed E-state index contributed by atoms with van der Waals surface area (Å²) in [7, 11) is 0. The number of nitrogens with zero attached hydrogens (tertiary/aromatic N) is 2. The average molecular weight is 547 g/mol. The summed E-state index contributed by atoms with van der Waals surface area (Å²) < 4.78 is 45.3. The number of rotatable bonds is 5. The number of carboxylic acids is 1. The highest BCUT2D eigenvalue weighted by molar-refractivity contribution is 5.87. The predicted molar refractivity (Wildman–Crippen MR) is 136 cm³/mol. The summed E-state index contributed by atoms with van der Waals surface area (Å²) in [6.45, 7) is 3.14. The molecule has 2 aromatic rings. The molecule has 2 aromatic carbocycles. The number of alkyl halides is 3. The molecule has 7 nitrogen and oxygen atoms in total. The first-order chi connectivity index (χ1) is 18.5. The third kappa shape index (κ3) is 5.36. The van der Waals surface area contributed by atoms with E-state index in [0.717, 1.165) is 50.0 Å². The molecule has 2 N–H and O–H groups in total. The third-order valence-electron chi connectivity index (χ3n) is 8.81. The zero-order valence-electron chi connectivity index (χ0n) is 21.8. The number of piperidine rings is 1. The first-order valence-corrected chi connectivity index (χ1v) is 13.4. The molecule has 1 unspecified atom stereocenters. The van der Waals surface area contributed by atoms with Crippen molar-refractivity contribution in [1.29, 1.82) is 0 Å². The minimum atomic E-state index is -4.49. The number of benzene rings is 2. The summed E-state index contributed by atoms with van der Waals surface area (Å²) in [4.78, 5) is 28.9. The van der Waals surface area contributed by atoms with Crippen LogP contribution in [0.3, 0.4) is 0 Å². The van der Waals surface area contributed by atoms with Gasteiger partial charge in [-0.05, 0) is 93.9 Å². The van der Waals surface area contributed by atoms with Gasteiger partial charge in [-0.25, -0.2) is 4.79 Å². The number of carbonyl (C=O) groups excluding carboxylic acids is 1. The lowest BCUT2D eigenvalue weighted by atomic mass is 9.79. The van der Waals surface area contributed by atoms with Crippen molar-refractivity contribution in [3.8, 4) is 5.75 Å². The topological polar surface area (TPSA) is 90.3 Å². The number of carboxylic acid groups (broad SMARTS) is 1. The maximum Gasteiger partial charge on any atom is 0.416 e. The van der Waals surface area contributed by atoms with Crippen molar-refractivity contribution < 1.29 is 37.7 Å². The molecule has 0 aromatic heterocycles. The number of amides is 1. The Kier molecular flexibility index (Phi) is 7.37. The Labute approximate surface area is 225 Å². The molecule has 3 atom stereocenters. The SMILES string of the molecule is CC(O)[C@]1(C(=O)N2COc3ccc(C(F)(F)F)cc3C2)CC[C@@H](N2CCC(c3cccc(C(=O)O)c3)CC2)C1. The minimum absolute atomic E-state index is 0.00196. The fraction of sp³-hybridized carbons (Fsp3) is 0.517. The van der Waals surface area contributed by atoms with Crippen LogP contribution < -0.4 is 4.74 Å². The summed E-state index contributed by atoms with van der Waals surface area (Å²) in [5.74, 6) is -0.636. The van der Waals surface area contributed by atoms with Crippen molar-refractivity contribution in [2.24, 2.45) is 5.41 Å². The number of fused-ring (bicyclic) bond motifs is 1. The quantitative estimate of drug-likeness (QED) is 0.556. The molecule has 3 aliphatic rings. The number of aliphatic hydroxyl groups excluding tert-OH is 1. The van der Waals surface area contributed by atoms with Gasteiger partial charge in [0.05, 0.1) is 29.2 Å². The van der Waals surface area contributed by atoms with Crippen LogP contribution in [0.15, 0.2) is 42.5 Å². The number of halogens is 3. The molecule has 0 spiro atoms. The molecule has 210 valence electrons. The number of hydrogen-bond donors (Lipinski definition) is 2. The van der Waals surface area contributed by atoms with E-state index in [9.17, 15) is 33.0 Å². The minimum Gasteiger partial charge on any atom is -0.478 e. The largest absolute Gasteiger partial charge is 0.478 e. The van der Waals surface area contributed by atoms with Gasteiger partial charge in [0.25, 0.3) is 0 Å².